The number of anilines is 2. The predicted octanol–water partition coefficient (Wildman–Crippen LogP) is 2.55. The van der Waals surface area contributed by atoms with Crippen molar-refractivity contribution in [3.8, 4) is 5.69 Å². The normalized spacial score (nSPS) is 14.6. The van der Waals surface area contributed by atoms with Crippen LogP contribution in [-0.4, -0.2) is 52.9 Å². The zero-order chi connectivity index (χ0) is 22.0. The quantitative estimate of drug-likeness (QED) is 0.691. The number of hydrogen-bond acceptors (Lipinski definition) is 4. The van der Waals surface area contributed by atoms with Gasteiger partial charge in [-0.3, -0.25) is 19.2 Å². The van der Waals surface area contributed by atoms with Crippen LogP contribution in [0.4, 0.5) is 11.4 Å². The van der Waals surface area contributed by atoms with Crippen LogP contribution < -0.4 is 15.8 Å². The van der Waals surface area contributed by atoms with Crippen LogP contribution in [0.15, 0.2) is 59.4 Å². The predicted molar refractivity (Wildman–Crippen MR) is 124 cm³/mol. The molecule has 7 heteroatoms. The molecule has 0 saturated carbocycles. The number of carbonyl (C=O) groups is 1. The smallest absolute Gasteiger partial charge is 0.295 e. The first-order valence-electron chi connectivity index (χ1n) is 10.6. The van der Waals surface area contributed by atoms with Crippen molar-refractivity contribution in [3.63, 3.8) is 0 Å². The first kappa shape index (κ1) is 20.9. The Labute approximate surface area is 182 Å². The minimum absolute atomic E-state index is 0.158. The molecule has 0 unspecified atom stereocenters. The average molecular weight is 420 g/mol. The van der Waals surface area contributed by atoms with Gasteiger partial charge in [0.2, 0.25) is 5.91 Å². The molecule has 3 aromatic rings. The van der Waals surface area contributed by atoms with Gasteiger partial charge in [0.1, 0.15) is 5.69 Å². The number of aromatic nitrogens is 2. The molecule has 0 radical (unpaired) electrons. The van der Waals surface area contributed by atoms with E-state index in [-0.39, 0.29) is 18.0 Å². The summed E-state index contributed by atoms with van der Waals surface area (Å²) in [6.45, 7) is 7.58. The molecule has 1 aliphatic rings. The van der Waals surface area contributed by atoms with Crippen LogP contribution in [0.25, 0.3) is 5.69 Å². The van der Waals surface area contributed by atoms with Crippen molar-refractivity contribution < 1.29 is 4.79 Å². The Morgan fingerprint density at radius 1 is 0.903 bits per heavy atom. The Bertz CT molecular complexity index is 1110. The van der Waals surface area contributed by atoms with Crippen LogP contribution in [-0.2, 0) is 11.8 Å². The highest BCUT2D eigenvalue weighted by atomic mass is 16.2. The van der Waals surface area contributed by atoms with Crippen LogP contribution in [0.5, 0.6) is 0 Å². The number of nitrogens with zero attached hydrogens (tertiary/aromatic N) is 4. The molecule has 1 saturated heterocycles. The summed E-state index contributed by atoms with van der Waals surface area (Å²) in [4.78, 5) is 30.2. The molecular formula is C24H29N5O2. The maximum absolute atomic E-state index is 13.0. The van der Waals surface area contributed by atoms with Gasteiger partial charge in [0.25, 0.3) is 5.56 Å². The van der Waals surface area contributed by atoms with Crippen LogP contribution >= 0.6 is 0 Å². The standard InChI is InChI=1S/C24H29N5O2/c1-18-9-11-20(12-10-18)28-15-13-27(14-16-28)17-22(30)25-23-19(2)26(3)29(24(23)31)21-7-5-4-6-8-21/h4-12H,13-17H2,1-3H3,(H,25,30). The molecule has 1 fully saturated rings. The van der Waals surface area contributed by atoms with Crippen LogP contribution in [0.2, 0.25) is 0 Å². The Morgan fingerprint density at radius 2 is 1.55 bits per heavy atom. The largest absolute Gasteiger partial charge is 0.369 e. The molecule has 1 aliphatic heterocycles. The number of amides is 1. The lowest BCUT2D eigenvalue weighted by molar-refractivity contribution is -0.117. The van der Waals surface area contributed by atoms with Crippen molar-refractivity contribution in [1.29, 1.82) is 0 Å². The number of piperazine rings is 1. The van der Waals surface area contributed by atoms with Gasteiger partial charge in [-0.25, -0.2) is 4.68 Å². The van der Waals surface area contributed by atoms with Gasteiger partial charge in [0.05, 0.1) is 17.9 Å². The molecular weight excluding hydrogens is 390 g/mol. The first-order chi connectivity index (χ1) is 14.9. The van der Waals surface area contributed by atoms with E-state index in [2.05, 4.69) is 46.3 Å². The van der Waals surface area contributed by atoms with Gasteiger partial charge in [-0.2, -0.15) is 0 Å². The van der Waals surface area contributed by atoms with E-state index in [9.17, 15) is 9.59 Å². The Morgan fingerprint density at radius 3 is 2.19 bits per heavy atom. The monoisotopic (exact) mass is 419 g/mol. The molecule has 2 aromatic carbocycles. The van der Waals surface area contributed by atoms with Crippen LogP contribution in [0, 0.1) is 13.8 Å². The fourth-order valence-corrected chi connectivity index (χ4v) is 4.01. The lowest BCUT2D eigenvalue weighted by Crippen LogP contribution is -2.48. The molecule has 2 heterocycles. The summed E-state index contributed by atoms with van der Waals surface area (Å²) in [6, 6.07) is 18.0. The van der Waals surface area contributed by atoms with E-state index in [0.29, 0.717) is 5.69 Å². The van der Waals surface area contributed by atoms with Crippen LogP contribution in [0.1, 0.15) is 11.3 Å². The van der Waals surface area contributed by atoms with Gasteiger partial charge in [-0.15, -0.1) is 0 Å². The van der Waals surface area contributed by atoms with Gasteiger partial charge in [-0.05, 0) is 38.1 Å². The van der Waals surface area contributed by atoms with E-state index >= 15 is 0 Å². The summed E-state index contributed by atoms with van der Waals surface area (Å²) in [5.41, 5.74) is 4.09. The second-order valence-electron chi connectivity index (χ2n) is 8.08. The van der Waals surface area contributed by atoms with Gasteiger partial charge in [0.15, 0.2) is 0 Å². The molecule has 1 amide bonds. The highest BCUT2D eigenvalue weighted by Crippen LogP contribution is 2.17. The fourth-order valence-electron chi connectivity index (χ4n) is 4.01. The van der Waals surface area contributed by atoms with Gasteiger partial charge < -0.3 is 10.2 Å². The van der Waals surface area contributed by atoms with Gasteiger partial charge in [-0.1, -0.05) is 35.9 Å². The van der Waals surface area contributed by atoms with Crippen molar-refractivity contribution >= 4 is 17.3 Å². The Hall–Kier alpha value is -3.32. The maximum Gasteiger partial charge on any atom is 0.295 e. The van der Waals surface area contributed by atoms with Crippen molar-refractivity contribution in [1.82, 2.24) is 14.3 Å². The summed E-state index contributed by atoms with van der Waals surface area (Å²) in [6.07, 6.45) is 0. The fraction of sp³-hybridized carbons (Fsp3) is 0.333. The number of nitrogens with one attached hydrogen (secondary N) is 1. The second kappa shape index (κ2) is 8.81. The van der Waals surface area contributed by atoms with E-state index in [4.69, 9.17) is 0 Å². The minimum atomic E-state index is -0.219. The van der Waals surface area contributed by atoms with Crippen molar-refractivity contribution in [2.24, 2.45) is 7.05 Å². The van der Waals surface area contributed by atoms with Crippen LogP contribution in [0.3, 0.4) is 0 Å². The molecule has 0 bridgehead atoms. The maximum atomic E-state index is 13.0. The van der Waals surface area contributed by atoms with E-state index in [1.165, 1.54) is 11.3 Å². The highest BCUT2D eigenvalue weighted by molar-refractivity contribution is 5.92. The SMILES string of the molecule is Cc1ccc(N2CCN(CC(=O)Nc3c(C)n(C)n(-c4ccccc4)c3=O)CC2)cc1. The molecule has 7 nitrogen and oxygen atoms in total. The zero-order valence-electron chi connectivity index (χ0n) is 18.3. The number of carbonyl (C=O) groups excluding carboxylic acids is 1. The molecule has 0 aliphatic carbocycles. The van der Waals surface area contributed by atoms with E-state index in [1.807, 2.05) is 44.3 Å². The Kier molecular flexibility index (Phi) is 5.95. The van der Waals surface area contributed by atoms with E-state index < -0.39 is 0 Å². The first-order valence-corrected chi connectivity index (χ1v) is 10.6. The third-order valence-corrected chi connectivity index (χ3v) is 5.96. The van der Waals surface area contributed by atoms with Crippen molar-refractivity contribution in [2.75, 3.05) is 42.9 Å². The molecule has 0 spiro atoms. The minimum Gasteiger partial charge on any atom is -0.369 e. The molecule has 1 aromatic heterocycles. The summed E-state index contributed by atoms with van der Waals surface area (Å²) in [5.74, 6) is -0.158. The summed E-state index contributed by atoms with van der Waals surface area (Å²) < 4.78 is 3.35. The second-order valence-corrected chi connectivity index (χ2v) is 8.08. The summed E-state index contributed by atoms with van der Waals surface area (Å²) in [5, 5.41) is 2.86. The lowest BCUT2D eigenvalue weighted by Gasteiger charge is -2.35. The number of benzene rings is 2. The third kappa shape index (κ3) is 4.41. The number of para-hydroxylation sites is 1. The van der Waals surface area contributed by atoms with Crippen molar-refractivity contribution in [3.05, 3.63) is 76.2 Å². The van der Waals surface area contributed by atoms with Gasteiger partial charge in [0, 0.05) is 38.9 Å². The van der Waals surface area contributed by atoms with E-state index in [1.54, 1.807) is 9.36 Å². The van der Waals surface area contributed by atoms with Gasteiger partial charge >= 0.3 is 0 Å². The molecule has 31 heavy (non-hydrogen) atoms. The number of rotatable bonds is 5. The molecule has 1 N–H and O–H groups in total. The highest BCUT2D eigenvalue weighted by Gasteiger charge is 2.22. The topological polar surface area (TPSA) is 62.5 Å². The molecule has 4 rings (SSSR count). The summed E-state index contributed by atoms with van der Waals surface area (Å²) >= 11 is 0. The summed E-state index contributed by atoms with van der Waals surface area (Å²) in [7, 11) is 1.82. The Balaban J connectivity index is 1.39. The van der Waals surface area contributed by atoms with E-state index in [0.717, 1.165) is 37.6 Å². The zero-order valence-corrected chi connectivity index (χ0v) is 18.3. The molecule has 0 atom stereocenters. The van der Waals surface area contributed by atoms with Crippen molar-refractivity contribution in [2.45, 2.75) is 13.8 Å². The number of hydrogen-bond donors (Lipinski definition) is 1. The number of aryl methyl sites for hydroxylation is 1. The molecule has 162 valence electrons. The third-order valence-electron chi connectivity index (χ3n) is 5.96. The lowest BCUT2D eigenvalue weighted by atomic mass is 10.2. The average Bonchev–Trinajstić information content (AvgIpc) is 2.98.